The van der Waals surface area contributed by atoms with Gasteiger partial charge in [0.15, 0.2) is 12.0 Å². The summed E-state index contributed by atoms with van der Waals surface area (Å²) >= 11 is 12.0. The number of benzene rings is 1. The quantitative estimate of drug-likeness (QED) is 0.801. The topological polar surface area (TPSA) is 60.5 Å². The SMILES string of the molecule is CNC1=C(c2cc(OC)cc(C(Cl)Cl)c2)C(=O)C(c2cccnc2)O1. The van der Waals surface area contributed by atoms with Crippen LogP contribution in [-0.2, 0) is 9.53 Å². The molecule has 1 aliphatic rings. The standard InChI is InChI=1S/C18H16Cl2N2O3/c1-21-18-14(11-6-12(17(19)20)8-13(7-11)24-2)15(23)16(25-18)10-4-3-5-22-9-10/h3-9,16-17,21H,1-2H3. The number of nitrogens with zero attached hydrogens (tertiary/aromatic N) is 1. The van der Waals surface area contributed by atoms with Crippen LogP contribution in [0.5, 0.6) is 5.75 Å². The van der Waals surface area contributed by atoms with Crippen molar-refractivity contribution in [3.05, 3.63) is 65.3 Å². The van der Waals surface area contributed by atoms with Crippen LogP contribution < -0.4 is 10.1 Å². The van der Waals surface area contributed by atoms with Crippen molar-refractivity contribution in [2.75, 3.05) is 14.2 Å². The van der Waals surface area contributed by atoms with E-state index in [-0.39, 0.29) is 5.78 Å². The number of ketones is 1. The lowest BCUT2D eigenvalue weighted by molar-refractivity contribution is -0.120. The maximum Gasteiger partial charge on any atom is 0.214 e. The molecule has 1 aromatic carbocycles. The van der Waals surface area contributed by atoms with Gasteiger partial charge in [-0.1, -0.05) is 6.07 Å². The number of nitrogens with one attached hydrogen (secondary N) is 1. The van der Waals surface area contributed by atoms with Gasteiger partial charge in [0, 0.05) is 25.0 Å². The van der Waals surface area contributed by atoms with Gasteiger partial charge in [-0.05, 0) is 35.4 Å². The third-order valence-corrected chi connectivity index (χ3v) is 4.37. The predicted octanol–water partition coefficient (Wildman–Crippen LogP) is 3.80. The molecule has 7 heteroatoms. The van der Waals surface area contributed by atoms with E-state index in [2.05, 4.69) is 10.3 Å². The Morgan fingerprint density at radius 2 is 2.12 bits per heavy atom. The van der Waals surface area contributed by atoms with Crippen LogP contribution in [0.2, 0.25) is 0 Å². The zero-order valence-corrected chi connectivity index (χ0v) is 15.1. The van der Waals surface area contributed by atoms with Crippen LogP contribution in [0.25, 0.3) is 5.57 Å². The number of hydrogen-bond acceptors (Lipinski definition) is 5. The number of carbonyl (C=O) groups is 1. The van der Waals surface area contributed by atoms with Crippen molar-refractivity contribution in [1.82, 2.24) is 10.3 Å². The first-order valence-electron chi connectivity index (χ1n) is 7.55. The maximum atomic E-state index is 13.0. The number of carbonyl (C=O) groups excluding carboxylic acids is 1. The van der Waals surface area contributed by atoms with Crippen LogP contribution in [0.1, 0.15) is 27.6 Å². The Hall–Kier alpha value is -2.24. The van der Waals surface area contributed by atoms with Crippen LogP contribution >= 0.6 is 23.2 Å². The van der Waals surface area contributed by atoms with Gasteiger partial charge in [-0.2, -0.15) is 0 Å². The Bertz CT molecular complexity index is 822. The molecule has 2 aromatic rings. The number of methoxy groups -OCH3 is 1. The van der Waals surface area contributed by atoms with Crippen LogP contribution in [0, 0.1) is 0 Å². The molecule has 3 rings (SSSR count). The summed E-state index contributed by atoms with van der Waals surface area (Å²) in [6, 6.07) is 8.80. The van der Waals surface area contributed by atoms with Gasteiger partial charge >= 0.3 is 0 Å². The Morgan fingerprint density at radius 1 is 1.32 bits per heavy atom. The van der Waals surface area contributed by atoms with Crippen molar-refractivity contribution < 1.29 is 14.3 Å². The fourth-order valence-corrected chi connectivity index (χ4v) is 2.94. The summed E-state index contributed by atoms with van der Waals surface area (Å²) in [5.74, 6) is 0.773. The van der Waals surface area contributed by atoms with Crippen LogP contribution in [0.4, 0.5) is 0 Å². The molecule has 130 valence electrons. The van der Waals surface area contributed by atoms with E-state index in [0.717, 1.165) is 0 Å². The molecule has 2 heterocycles. The highest BCUT2D eigenvalue weighted by atomic mass is 35.5. The molecule has 1 atom stereocenters. The fourth-order valence-electron chi connectivity index (χ4n) is 2.69. The van der Waals surface area contributed by atoms with Crippen molar-refractivity contribution >= 4 is 34.6 Å². The van der Waals surface area contributed by atoms with E-state index in [1.54, 1.807) is 56.9 Å². The van der Waals surface area contributed by atoms with Crippen LogP contribution in [0.3, 0.4) is 0 Å². The average Bonchev–Trinajstić information content (AvgIpc) is 2.98. The van der Waals surface area contributed by atoms with Gasteiger partial charge in [-0.15, -0.1) is 23.2 Å². The van der Waals surface area contributed by atoms with Crippen LogP contribution in [-0.4, -0.2) is 24.9 Å². The third-order valence-electron chi connectivity index (χ3n) is 3.87. The second-order valence-electron chi connectivity index (χ2n) is 5.40. The third kappa shape index (κ3) is 3.43. The largest absolute Gasteiger partial charge is 0.497 e. The first kappa shape index (κ1) is 17.6. The number of halogens is 2. The molecular formula is C18H16Cl2N2O3. The van der Waals surface area contributed by atoms with Crippen molar-refractivity contribution in [3.8, 4) is 5.75 Å². The Kier molecular flexibility index (Phi) is 5.16. The molecule has 0 bridgehead atoms. The summed E-state index contributed by atoms with van der Waals surface area (Å²) < 4.78 is 11.1. The number of alkyl halides is 2. The van der Waals surface area contributed by atoms with E-state index in [1.165, 1.54) is 0 Å². The molecule has 1 N–H and O–H groups in total. The van der Waals surface area contributed by atoms with Gasteiger partial charge < -0.3 is 14.8 Å². The summed E-state index contributed by atoms with van der Waals surface area (Å²) in [5.41, 5.74) is 2.37. The highest BCUT2D eigenvalue weighted by Gasteiger charge is 2.37. The minimum atomic E-state index is -0.747. The van der Waals surface area contributed by atoms with Gasteiger partial charge in [-0.3, -0.25) is 9.78 Å². The molecule has 0 saturated heterocycles. The molecule has 0 aliphatic carbocycles. The highest BCUT2D eigenvalue weighted by molar-refractivity contribution is 6.44. The molecular weight excluding hydrogens is 363 g/mol. The second-order valence-corrected chi connectivity index (χ2v) is 6.49. The lowest BCUT2D eigenvalue weighted by Gasteiger charge is -2.10. The van der Waals surface area contributed by atoms with E-state index < -0.39 is 10.9 Å². The van der Waals surface area contributed by atoms with Crippen molar-refractivity contribution in [3.63, 3.8) is 0 Å². The minimum Gasteiger partial charge on any atom is -0.497 e. The number of aromatic nitrogens is 1. The monoisotopic (exact) mass is 378 g/mol. The van der Waals surface area contributed by atoms with Gasteiger partial charge in [0.1, 0.15) is 10.6 Å². The molecule has 0 saturated carbocycles. The average molecular weight is 379 g/mol. The summed E-state index contributed by atoms with van der Waals surface area (Å²) in [5, 5.41) is 2.94. The van der Waals surface area contributed by atoms with Crippen molar-refractivity contribution in [2.24, 2.45) is 0 Å². The Morgan fingerprint density at radius 3 is 2.72 bits per heavy atom. The molecule has 1 unspecified atom stereocenters. The van der Waals surface area contributed by atoms with E-state index in [0.29, 0.717) is 33.9 Å². The number of ether oxygens (including phenoxy) is 2. The summed E-state index contributed by atoms with van der Waals surface area (Å²) in [7, 11) is 3.24. The summed E-state index contributed by atoms with van der Waals surface area (Å²) in [6.45, 7) is 0. The van der Waals surface area contributed by atoms with Crippen molar-refractivity contribution in [1.29, 1.82) is 0 Å². The van der Waals surface area contributed by atoms with E-state index in [9.17, 15) is 4.79 Å². The van der Waals surface area contributed by atoms with Crippen molar-refractivity contribution in [2.45, 2.75) is 10.9 Å². The predicted molar refractivity (Wildman–Crippen MR) is 96.5 cm³/mol. The highest BCUT2D eigenvalue weighted by Crippen LogP contribution is 2.39. The lowest BCUT2D eigenvalue weighted by atomic mass is 9.96. The van der Waals surface area contributed by atoms with Gasteiger partial charge in [0.05, 0.1) is 12.7 Å². The normalized spacial score (nSPS) is 17.0. The smallest absolute Gasteiger partial charge is 0.214 e. The lowest BCUT2D eigenvalue weighted by Crippen LogP contribution is -2.10. The van der Waals surface area contributed by atoms with E-state index in [4.69, 9.17) is 32.7 Å². The summed E-state index contributed by atoms with van der Waals surface area (Å²) in [4.78, 5) is 16.3. The number of pyridine rings is 1. The molecule has 1 aromatic heterocycles. The maximum absolute atomic E-state index is 13.0. The Balaban J connectivity index is 2.06. The van der Waals surface area contributed by atoms with E-state index >= 15 is 0 Å². The second kappa shape index (κ2) is 7.33. The zero-order chi connectivity index (χ0) is 18.0. The molecule has 0 spiro atoms. The van der Waals surface area contributed by atoms with E-state index in [1.807, 2.05) is 0 Å². The van der Waals surface area contributed by atoms with Crippen LogP contribution in [0.15, 0.2) is 48.6 Å². The van der Waals surface area contributed by atoms with Gasteiger partial charge in [0.25, 0.3) is 0 Å². The Labute approximate surface area is 155 Å². The number of hydrogen-bond donors (Lipinski definition) is 1. The first-order valence-corrected chi connectivity index (χ1v) is 8.42. The molecule has 25 heavy (non-hydrogen) atoms. The molecule has 0 amide bonds. The molecule has 1 aliphatic heterocycles. The van der Waals surface area contributed by atoms with Gasteiger partial charge in [-0.25, -0.2) is 0 Å². The molecule has 0 radical (unpaired) electrons. The zero-order valence-electron chi connectivity index (χ0n) is 13.6. The fraction of sp³-hybridized carbons (Fsp3) is 0.222. The minimum absolute atomic E-state index is 0.169. The first-order chi connectivity index (χ1) is 12.0. The van der Waals surface area contributed by atoms with Gasteiger partial charge in [0.2, 0.25) is 5.78 Å². The summed E-state index contributed by atoms with van der Waals surface area (Å²) in [6.07, 6.45) is 2.51. The number of rotatable bonds is 5. The number of Topliss-reactive ketones (excluding diaryl/α,β-unsaturated/α-hetero) is 1. The molecule has 0 fully saturated rings. The molecule has 5 nitrogen and oxygen atoms in total.